The Morgan fingerprint density at radius 1 is 1.86 bits per heavy atom. The van der Waals surface area contributed by atoms with E-state index in [0.29, 0.717) is 5.76 Å². The van der Waals surface area contributed by atoms with Crippen LogP contribution < -0.4 is 0 Å². The van der Waals surface area contributed by atoms with Gasteiger partial charge in [-0.05, 0) is 0 Å². The lowest BCUT2D eigenvalue weighted by atomic mass is 10.4. The number of hydrogen-bond acceptors (Lipinski definition) is 3. The van der Waals surface area contributed by atoms with E-state index in [4.69, 9.17) is 0 Å². The minimum atomic E-state index is 0.708. The van der Waals surface area contributed by atoms with Gasteiger partial charge in [-0.25, -0.2) is 0 Å². The molecule has 1 rings (SSSR count). The highest BCUT2D eigenvalue weighted by Crippen LogP contribution is 1.90. The minimum absolute atomic E-state index is 0.708. The Bertz CT molecular complexity index is 124. The Hall–Kier alpha value is -0.860. The van der Waals surface area contributed by atoms with Gasteiger partial charge in [-0.15, -0.1) is 5.10 Å². The van der Waals surface area contributed by atoms with Gasteiger partial charge in [0.25, 0.3) is 0 Å². The molecule has 0 N–H and O–H groups in total. The Labute approximate surface area is 41.3 Å². The van der Waals surface area contributed by atoms with E-state index in [0.717, 1.165) is 6.42 Å². The summed E-state index contributed by atoms with van der Waals surface area (Å²) in [7, 11) is 0. The van der Waals surface area contributed by atoms with Crippen LogP contribution in [0.25, 0.3) is 0 Å². The molecule has 0 spiro atoms. The van der Waals surface area contributed by atoms with Crippen molar-refractivity contribution in [3.05, 3.63) is 12.0 Å². The largest absolute Gasteiger partial charge is 0.341 e. The molecule has 0 aliphatic rings. The molecule has 0 saturated heterocycles. The summed E-state index contributed by atoms with van der Waals surface area (Å²) >= 11 is 0. The van der Waals surface area contributed by atoms with Crippen molar-refractivity contribution in [3.8, 4) is 0 Å². The van der Waals surface area contributed by atoms with Crippen LogP contribution in [0, 0.1) is 6.20 Å². The molecule has 0 bridgehead atoms. The fourth-order valence-corrected chi connectivity index (χ4v) is 0.310. The van der Waals surface area contributed by atoms with Crippen LogP contribution in [0.2, 0.25) is 0 Å². The first-order valence-electron chi connectivity index (χ1n) is 2.12. The van der Waals surface area contributed by atoms with Crippen LogP contribution in [0.4, 0.5) is 0 Å². The third-order valence-electron chi connectivity index (χ3n) is 0.688. The van der Waals surface area contributed by atoms with Gasteiger partial charge in [-0.1, -0.05) is 6.92 Å². The molecular weight excluding hydrogens is 92.1 g/mol. The van der Waals surface area contributed by atoms with Gasteiger partial charge in [0.05, 0.1) is 0 Å². The molecule has 1 radical (unpaired) electrons. The van der Waals surface area contributed by atoms with Gasteiger partial charge >= 0.3 is 0 Å². The summed E-state index contributed by atoms with van der Waals surface area (Å²) in [6.45, 7) is 1.96. The van der Waals surface area contributed by atoms with Crippen molar-refractivity contribution in [1.29, 1.82) is 0 Å². The lowest BCUT2D eigenvalue weighted by Crippen LogP contribution is -1.68. The molecule has 0 atom stereocenters. The highest BCUT2D eigenvalue weighted by Gasteiger charge is 1.89. The first-order valence-corrected chi connectivity index (χ1v) is 2.12. The molecule has 0 aliphatic carbocycles. The van der Waals surface area contributed by atoms with Gasteiger partial charge in [0.2, 0.25) is 0 Å². The second kappa shape index (κ2) is 1.73. The molecule has 1 aromatic heterocycles. The molecule has 7 heavy (non-hydrogen) atoms. The maximum absolute atomic E-state index is 4.57. The van der Waals surface area contributed by atoms with E-state index in [1.165, 1.54) is 0 Å². The third kappa shape index (κ3) is 0.765. The molecule has 0 aliphatic heterocycles. The quantitative estimate of drug-likeness (QED) is 0.510. The zero-order valence-electron chi connectivity index (χ0n) is 4.01. The summed E-state index contributed by atoms with van der Waals surface area (Å²) in [5.74, 6) is 0.708. The summed E-state index contributed by atoms with van der Waals surface area (Å²) in [5, 5.41) is 6.56. The number of nitrogens with zero attached hydrogens (tertiary/aromatic N) is 2. The van der Waals surface area contributed by atoms with E-state index in [2.05, 4.69) is 21.1 Å². The van der Waals surface area contributed by atoms with Gasteiger partial charge in [-0.3, -0.25) is 0 Å². The van der Waals surface area contributed by atoms with Gasteiger partial charge in [-0.2, -0.15) is 0 Å². The van der Waals surface area contributed by atoms with Crippen molar-refractivity contribution in [2.24, 2.45) is 0 Å². The molecule has 3 heteroatoms. The monoisotopic (exact) mass is 97.0 g/mol. The van der Waals surface area contributed by atoms with Crippen LogP contribution in [0.1, 0.15) is 12.7 Å². The summed E-state index contributed by atoms with van der Waals surface area (Å²) < 4.78 is 4.57. The predicted octanol–water partition coefficient (Wildman–Crippen LogP) is 0.432. The second-order valence-electron chi connectivity index (χ2n) is 1.16. The van der Waals surface area contributed by atoms with Crippen LogP contribution >= 0.6 is 0 Å². The molecule has 0 unspecified atom stereocenters. The van der Waals surface area contributed by atoms with Gasteiger partial charge in [0.15, 0.2) is 12.0 Å². The van der Waals surface area contributed by atoms with E-state index in [-0.39, 0.29) is 0 Å². The molecule has 37 valence electrons. The van der Waals surface area contributed by atoms with E-state index >= 15 is 0 Å². The first-order chi connectivity index (χ1) is 3.43. The fourth-order valence-electron chi connectivity index (χ4n) is 0.310. The minimum Gasteiger partial charge on any atom is -0.341 e. The van der Waals surface area contributed by atoms with E-state index in [9.17, 15) is 0 Å². The lowest BCUT2D eigenvalue weighted by molar-refractivity contribution is 0.365. The summed E-state index contributed by atoms with van der Waals surface area (Å²) in [5.41, 5.74) is 0. The Morgan fingerprint density at radius 3 is 3.00 bits per heavy atom. The lowest BCUT2D eigenvalue weighted by Gasteiger charge is -1.73. The number of aromatic nitrogens is 2. The summed E-state index contributed by atoms with van der Waals surface area (Å²) in [6, 6.07) is 0. The van der Waals surface area contributed by atoms with Crippen molar-refractivity contribution in [1.82, 2.24) is 10.4 Å². The van der Waals surface area contributed by atoms with Crippen molar-refractivity contribution in [2.45, 2.75) is 13.3 Å². The zero-order valence-corrected chi connectivity index (χ0v) is 4.01. The molecule has 1 aromatic rings. The van der Waals surface area contributed by atoms with Gasteiger partial charge < -0.3 is 4.52 Å². The number of aryl methyl sites for hydroxylation is 1. The van der Waals surface area contributed by atoms with Crippen molar-refractivity contribution < 1.29 is 4.52 Å². The molecule has 0 saturated carbocycles. The predicted molar refractivity (Wildman–Crippen MR) is 22.5 cm³/mol. The van der Waals surface area contributed by atoms with Crippen molar-refractivity contribution in [2.75, 3.05) is 0 Å². The first kappa shape index (κ1) is 4.30. The summed E-state index contributed by atoms with van der Waals surface area (Å²) in [6.07, 6.45) is 3.37. The average molecular weight is 97.1 g/mol. The standard InChI is InChI=1S/C4H5N2O/c1-2-4-3-5-6-7-4/h2H2,1H3. The van der Waals surface area contributed by atoms with E-state index < -0.39 is 0 Å². The van der Waals surface area contributed by atoms with Crippen LogP contribution in [0.5, 0.6) is 0 Å². The Morgan fingerprint density at radius 2 is 2.71 bits per heavy atom. The Balaban J connectivity index is 2.76. The molecule has 0 fully saturated rings. The summed E-state index contributed by atoms with van der Waals surface area (Å²) in [4.78, 5) is 0. The maximum Gasteiger partial charge on any atom is 0.166 e. The zero-order chi connectivity index (χ0) is 5.11. The van der Waals surface area contributed by atoms with Gasteiger partial charge in [0, 0.05) is 11.7 Å². The van der Waals surface area contributed by atoms with Crippen LogP contribution in [-0.2, 0) is 6.42 Å². The maximum atomic E-state index is 4.57. The molecule has 1 heterocycles. The topological polar surface area (TPSA) is 38.9 Å². The highest BCUT2D eigenvalue weighted by molar-refractivity contribution is 4.80. The van der Waals surface area contributed by atoms with E-state index in [1.54, 1.807) is 0 Å². The smallest absolute Gasteiger partial charge is 0.166 e. The van der Waals surface area contributed by atoms with E-state index in [1.807, 2.05) is 6.92 Å². The average Bonchev–Trinajstić information content (AvgIpc) is 2.14. The molecule has 3 nitrogen and oxygen atoms in total. The molecule has 0 amide bonds. The van der Waals surface area contributed by atoms with Crippen molar-refractivity contribution >= 4 is 0 Å². The van der Waals surface area contributed by atoms with Crippen LogP contribution in [0.3, 0.4) is 0 Å². The SMILES string of the molecule is CCc1[c]nno1. The third-order valence-corrected chi connectivity index (χ3v) is 0.688. The highest BCUT2D eigenvalue weighted by atomic mass is 16.5. The molecular formula is C4H5N2O. The normalized spacial score (nSPS) is 9.29. The van der Waals surface area contributed by atoms with Crippen molar-refractivity contribution in [3.63, 3.8) is 0 Å². The fraction of sp³-hybridized carbons (Fsp3) is 0.500. The number of hydrogen-bond donors (Lipinski definition) is 0. The Kier molecular flexibility index (Phi) is 1.06. The van der Waals surface area contributed by atoms with Gasteiger partial charge in [0.1, 0.15) is 0 Å². The number of rotatable bonds is 1. The van der Waals surface area contributed by atoms with Crippen LogP contribution in [-0.4, -0.2) is 10.4 Å². The second-order valence-corrected chi connectivity index (χ2v) is 1.16. The van der Waals surface area contributed by atoms with Crippen LogP contribution in [0.15, 0.2) is 4.52 Å². The molecule has 0 aromatic carbocycles.